The predicted octanol–water partition coefficient (Wildman–Crippen LogP) is 5.66. The quantitative estimate of drug-likeness (QED) is 0.215. The van der Waals surface area contributed by atoms with Crippen molar-refractivity contribution >= 4 is 5.90 Å². The summed E-state index contributed by atoms with van der Waals surface area (Å²) in [5.41, 5.74) is 2.43. The second kappa shape index (κ2) is 12.3. The fourth-order valence-corrected chi connectivity index (χ4v) is 3.93. The molecule has 8 heteroatoms. The Morgan fingerprint density at radius 3 is 2.58 bits per heavy atom. The molecule has 2 aromatic carbocycles. The first-order chi connectivity index (χ1) is 17.3. The minimum atomic E-state index is -0.984. The number of H-pyrrole nitrogens is 1. The van der Waals surface area contributed by atoms with Gasteiger partial charge in [0.05, 0.1) is 6.61 Å². The maximum Gasteiger partial charge on any atom is 0.264 e. The second-order valence-electron chi connectivity index (χ2n) is 8.36. The van der Waals surface area contributed by atoms with E-state index in [0.29, 0.717) is 35.4 Å². The van der Waals surface area contributed by atoms with Gasteiger partial charge in [-0.05, 0) is 47.7 Å². The molecule has 0 spiro atoms. The molecule has 0 aliphatic heterocycles. The number of hydrogen-bond donors (Lipinski definition) is 2. The summed E-state index contributed by atoms with van der Waals surface area (Å²) in [6.07, 6.45) is 2.33. The van der Waals surface area contributed by atoms with E-state index in [1.165, 1.54) is 13.1 Å². The van der Waals surface area contributed by atoms with Crippen LogP contribution >= 0.6 is 0 Å². The van der Waals surface area contributed by atoms with Crippen LogP contribution in [-0.2, 0) is 28.9 Å². The number of hydrogen-bond acceptors (Lipinski definition) is 5. The highest BCUT2D eigenvalue weighted by atomic mass is 19.2. The number of halogens is 2. The first-order valence-electron chi connectivity index (χ1n) is 11.6. The molecule has 0 fully saturated rings. The van der Waals surface area contributed by atoms with Crippen LogP contribution in [0.2, 0.25) is 0 Å². The average Bonchev–Trinajstić information content (AvgIpc) is 2.84. The lowest BCUT2D eigenvalue weighted by molar-refractivity contribution is 0.185. The van der Waals surface area contributed by atoms with Crippen LogP contribution < -0.4 is 5.56 Å². The minimum Gasteiger partial charge on any atom is -0.506 e. The largest absolute Gasteiger partial charge is 0.506 e. The second-order valence-corrected chi connectivity index (χ2v) is 8.36. The molecule has 1 heterocycles. The Kier molecular flexibility index (Phi) is 9.13. The van der Waals surface area contributed by atoms with E-state index in [1.54, 1.807) is 7.11 Å². The van der Waals surface area contributed by atoms with Crippen LogP contribution in [-0.4, -0.2) is 30.1 Å². The molecule has 0 aliphatic rings. The summed E-state index contributed by atoms with van der Waals surface area (Å²) in [6, 6.07) is 11.0. The summed E-state index contributed by atoms with van der Waals surface area (Å²) in [6.45, 7) is 6.25. The fourth-order valence-electron chi connectivity index (χ4n) is 3.93. The van der Waals surface area contributed by atoms with Crippen molar-refractivity contribution in [1.82, 2.24) is 4.98 Å². The van der Waals surface area contributed by atoms with E-state index in [1.807, 2.05) is 31.2 Å². The summed E-state index contributed by atoms with van der Waals surface area (Å²) in [7, 11) is 3.02. The highest BCUT2D eigenvalue weighted by Gasteiger charge is 2.24. The number of aromatic nitrogens is 1. The molecule has 3 aromatic rings. The van der Waals surface area contributed by atoms with E-state index in [-0.39, 0.29) is 29.4 Å². The van der Waals surface area contributed by atoms with Crippen molar-refractivity contribution in [2.24, 2.45) is 4.99 Å². The average molecular weight is 497 g/mol. The Hall–Kier alpha value is -3.78. The maximum absolute atomic E-state index is 13.6. The van der Waals surface area contributed by atoms with Crippen molar-refractivity contribution in [3.8, 4) is 16.9 Å². The summed E-state index contributed by atoms with van der Waals surface area (Å²) in [5.74, 6) is -2.21. The number of aromatic amines is 1. The van der Waals surface area contributed by atoms with Crippen LogP contribution in [0.1, 0.15) is 42.1 Å². The molecule has 36 heavy (non-hydrogen) atoms. The topological polar surface area (TPSA) is 83.9 Å². The number of methoxy groups -OCH3 is 1. The number of aryl methyl sites for hydroxylation is 1. The molecule has 1 aromatic heterocycles. The van der Waals surface area contributed by atoms with Gasteiger partial charge in [0.25, 0.3) is 5.56 Å². The number of pyridine rings is 1. The molecule has 0 amide bonds. The monoisotopic (exact) mass is 496 g/mol. The third-order valence-corrected chi connectivity index (χ3v) is 5.62. The highest BCUT2D eigenvalue weighted by Crippen LogP contribution is 2.35. The van der Waals surface area contributed by atoms with Crippen LogP contribution in [0.5, 0.6) is 5.75 Å². The van der Waals surface area contributed by atoms with Gasteiger partial charge >= 0.3 is 0 Å². The molecule has 0 radical (unpaired) electrons. The Morgan fingerprint density at radius 2 is 1.92 bits per heavy atom. The lowest BCUT2D eigenvalue weighted by Crippen LogP contribution is -2.23. The molecule has 190 valence electrons. The number of rotatable bonds is 10. The molecule has 2 N–H and O–H groups in total. The van der Waals surface area contributed by atoms with Crippen molar-refractivity contribution in [2.45, 2.75) is 39.2 Å². The molecule has 0 bridgehead atoms. The highest BCUT2D eigenvalue weighted by molar-refractivity contribution is 5.99. The van der Waals surface area contributed by atoms with Crippen molar-refractivity contribution in [2.75, 3.05) is 14.2 Å². The van der Waals surface area contributed by atoms with Gasteiger partial charge < -0.3 is 19.6 Å². The zero-order valence-electron chi connectivity index (χ0n) is 20.7. The van der Waals surface area contributed by atoms with E-state index < -0.39 is 17.2 Å². The van der Waals surface area contributed by atoms with Gasteiger partial charge in [-0.25, -0.2) is 8.78 Å². The lowest BCUT2D eigenvalue weighted by Gasteiger charge is -2.17. The number of nitrogens with zero attached hydrogens (tertiary/aromatic N) is 1. The van der Waals surface area contributed by atoms with Crippen molar-refractivity contribution < 1.29 is 23.4 Å². The fraction of sp³-hybridized carbons (Fsp3) is 0.286. The molecule has 0 saturated carbocycles. The number of allylic oxidation sites excluding steroid dienone is 1. The van der Waals surface area contributed by atoms with E-state index in [0.717, 1.165) is 30.5 Å². The Morgan fingerprint density at radius 1 is 1.14 bits per heavy atom. The van der Waals surface area contributed by atoms with Crippen molar-refractivity contribution in [3.05, 3.63) is 99.2 Å². The number of nitrogens with one attached hydrogen (secondary N) is 1. The molecule has 0 aliphatic carbocycles. The lowest BCUT2D eigenvalue weighted by atomic mass is 9.96. The first-order valence-corrected chi connectivity index (χ1v) is 11.6. The van der Waals surface area contributed by atoms with Gasteiger partial charge in [0.15, 0.2) is 11.6 Å². The summed E-state index contributed by atoms with van der Waals surface area (Å²) in [5, 5.41) is 11.4. The zero-order chi connectivity index (χ0) is 26.2. The van der Waals surface area contributed by atoms with E-state index in [2.05, 4.69) is 16.6 Å². The summed E-state index contributed by atoms with van der Waals surface area (Å²) < 4.78 is 37.8. The molecule has 0 atom stereocenters. The first kappa shape index (κ1) is 26.8. The Labute approximate surface area is 208 Å². The summed E-state index contributed by atoms with van der Waals surface area (Å²) >= 11 is 0. The van der Waals surface area contributed by atoms with Gasteiger partial charge in [0.1, 0.15) is 17.1 Å². The standard InChI is InChI=1S/C28H30F2N2O4/c1-5-6-10-23-24(20-9-7-8-19(14-20)16-35-4)26(33)25(27(34)32-23)28(31-3)36-17(2)13-18-11-12-21(29)22(30)15-18/h7-9,11-12,14-15H,2,5-6,10,13,16H2,1,3-4H3,(H2,32,33,34). The van der Waals surface area contributed by atoms with Gasteiger partial charge in [-0.15, -0.1) is 0 Å². The van der Waals surface area contributed by atoms with Crippen molar-refractivity contribution in [3.63, 3.8) is 0 Å². The van der Waals surface area contributed by atoms with Crippen LogP contribution in [0.4, 0.5) is 8.78 Å². The third-order valence-electron chi connectivity index (χ3n) is 5.62. The van der Waals surface area contributed by atoms with Gasteiger partial charge in [0.2, 0.25) is 5.90 Å². The van der Waals surface area contributed by atoms with Crippen LogP contribution in [0, 0.1) is 11.6 Å². The Bertz CT molecular complexity index is 1330. The number of aromatic hydroxyl groups is 1. The summed E-state index contributed by atoms with van der Waals surface area (Å²) in [4.78, 5) is 20.0. The number of aliphatic imine (C=N–C) groups is 1. The van der Waals surface area contributed by atoms with Gasteiger partial charge in [-0.2, -0.15) is 0 Å². The maximum atomic E-state index is 13.6. The number of benzene rings is 2. The smallest absolute Gasteiger partial charge is 0.264 e. The van der Waals surface area contributed by atoms with Gasteiger partial charge in [0, 0.05) is 31.8 Å². The molecule has 6 nitrogen and oxygen atoms in total. The predicted molar refractivity (Wildman–Crippen MR) is 136 cm³/mol. The normalized spacial score (nSPS) is 11.5. The van der Waals surface area contributed by atoms with E-state index in [9.17, 15) is 18.7 Å². The number of ether oxygens (including phenoxy) is 2. The molecular weight excluding hydrogens is 466 g/mol. The third kappa shape index (κ3) is 6.26. The van der Waals surface area contributed by atoms with Crippen LogP contribution in [0.3, 0.4) is 0 Å². The molecule has 0 unspecified atom stereocenters. The number of unbranched alkanes of at least 4 members (excludes halogenated alkanes) is 1. The molecule has 3 rings (SSSR count). The van der Waals surface area contributed by atoms with Crippen LogP contribution in [0.15, 0.2) is 64.6 Å². The van der Waals surface area contributed by atoms with Crippen LogP contribution in [0.25, 0.3) is 11.1 Å². The van der Waals surface area contributed by atoms with E-state index in [4.69, 9.17) is 9.47 Å². The molecule has 0 saturated heterocycles. The van der Waals surface area contributed by atoms with Crippen molar-refractivity contribution in [1.29, 1.82) is 0 Å². The Balaban J connectivity index is 2.02. The SMILES string of the molecule is C=C(Cc1ccc(F)c(F)c1)OC(=NC)c1c(O)c(-c2cccc(COC)c2)c(CCCC)[nH]c1=O. The minimum absolute atomic E-state index is 0.0510. The van der Waals surface area contributed by atoms with Gasteiger partial charge in [-0.3, -0.25) is 9.79 Å². The molecular formula is C28H30F2N2O4. The zero-order valence-corrected chi connectivity index (χ0v) is 20.7. The van der Waals surface area contributed by atoms with E-state index >= 15 is 0 Å². The van der Waals surface area contributed by atoms with Gasteiger partial charge in [-0.1, -0.05) is 44.2 Å².